The molecule has 0 aromatic carbocycles. The fourth-order valence-corrected chi connectivity index (χ4v) is 3.10. The molecule has 0 aliphatic carbocycles. The maximum atomic E-state index is 12.0. The van der Waals surface area contributed by atoms with Gasteiger partial charge in [-0.3, -0.25) is 14.6 Å². The minimum absolute atomic E-state index is 0.339. The molecular formula is C16H31N3O. The van der Waals surface area contributed by atoms with Gasteiger partial charge in [0.15, 0.2) is 0 Å². The number of amides is 1. The zero-order chi connectivity index (χ0) is 14.5. The number of hydrogen-bond donors (Lipinski definition) is 0. The van der Waals surface area contributed by atoms with Gasteiger partial charge in [-0.25, -0.2) is 0 Å². The van der Waals surface area contributed by atoms with Crippen molar-refractivity contribution in [3.05, 3.63) is 0 Å². The van der Waals surface area contributed by atoms with Crippen molar-refractivity contribution in [2.24, 2.45) is 11.8 Å². The third-order valence-electron chi connectivity index (χ3n) is 4.58. The summed E-state index contributed by atoms with van der Waals surface area (Å²) in [7, 11) is 0. The first-order chi connectivity index (χ1) is 9.54. The van der Waals surface area contributed by atoms with Gasteiger partial charge in [-0.05, 0) is 37.8 Å². The first kappa shape index (κ1) is 15.8. The first-order valence-corrected chi connectivity index (χ1v) is 8.27. The van der Waals surface area contributed by atoms with E-state index in [-0.39, 0.29) is 0 Å². The van der Waals surface area contributed by atoms with E-state index in [4.69, 9.17) is 0 Å². The Morgan fingerprint density at radius 1 is 1.00 bits per heavy atom. The lowest BCUT2D eigenvalue weighted by atomic mass is 10.00. The highest BCUT2D eigenvalue weighted by Crippen LogP contribution is 2.16. The van der Waals surface area contributed by atoms with E-state index in [9.17, 15) is 4.79 Å². The van der Waals surface area contributed by atoms with Crippen LogP contribution in [0.4, 0.5) is 0 Å². The number of nitrogens with zero attached hydrogens (tertiary/aromatic N) is 3. The summed E-state index contributed by atoms with van der Waals surface area (Å²) in [6.45, 7) is 14.1. The average Bonchev–Trinajstić information content (AvgIpc) is 2.41. The molecule has 2 aliphatic rings. The van der Waals surface area contributed by atoms with E-state index in [0.717, 1.165) is 38.8 Å². The van der Waals surface area contributed by atoms with E-state index in [1.807, 2.05) is 0 Å². The zero-order valence-electron chi connectivity index (χ0n) is 13.5. The maximum absolute atomic E-state index is 12.0. The molecule has 0 atom stereocenters. The van der Waals surface area contributed by atoms with Gasteiger partial charge in [0.2, 0.25) is 5.91 Å². The van der Waals surface area contributed by atoms with Crippen molar-refractivity contribution < 1.29 is 4.79 Å². The second-order valence-corrected chi connectivity index (χ2v) is 7.04. The highest BCUT2D eigenvalue weighted by molar-refractivity contribution is 5.76. The second kappa shape index (κ2) is 7.41. The molecule has 1 amide bonds. The first-order valence-electron chi connectivity index (χ1n) is 8.27. The van der Waals surface area contributed by atoms with Gasteiger partial charge in [-0.15, -0.1) is 0 Å². The van der Waals surface area contributed by atoms with Gasteiger partial charge in [-0.2, -0.15) is 0 Å². The Morgan fingerprint density at radius 3 is 2.10 bits per heavy atom. The van der Waals surface area contributed by atoms with Crippen molar-refractivity contribution in [3.8, 4) is 0 Å². The second-order valence-electron chi connectivity index (χ2n) is 7.04. The smallest absolute Gasteiger partial charge is 0.222 e. The van der Waals surface area contributed by atoms with E-state index in [2.05, 4.69) is 35.5 Å². The monoisotopic (exact) mass is 281 g/mol. The van der Waals surface area contributed by atoms with Crippen molar-refractivity contribution in [2.75, 3.05) is 45.9 Å². The summed E-state index contributed by atoms with van der Waals surface area (Å²) < 4.78 is 0. The minimum Gasteiger partial charge on any atom is -0.340 e. The van der Waals surface area contributed by atoms with Gasteiger partial charge in [0.25, 0.3) is 0 Å². The summed E-state index contributed by atoms with van der Waals surface area (Å²) in [4.78, 5) is 19.2. The standard InChI is InChI=1S/C16H31N3O/c1-14(2)12-16(20)19-10-8-18(9-11-19)13-17-6-4-15(3)5-7-17/h14-15H,4-13H2,1-3H3. The van der Waals surface area contributed by atoms with Crippen LogP contribution in [0.5, 0.6) is 0 Å². The molecule has 4 heteroatoms. The van der Waals surface area contributed by atoms with Crippen LogP contribution in [0.2, 0.25) is 0 Å². The van der Waals surface area contributed by atoms with Crippen LogP contribution in [0.25, 0.3) is 0 Å². The van der Waals surface area contributed by atoms with Gasteiger partial charge in [0, 0.05) is 32.6 Å². The van der Waals surface area contributed by atoms with Crippen LogP contribution in [0, 0.1) is 11.8 Å². The fraction of sp³-hybridized carbons (Fsp3) is 0.938. The summed E-state index contributed by atoms with van der Waals surface area (Å²) in [6.07, 6.45) is 3.38. The fourth-order valence-electron chi connectivity index (χ4n) is 3.10. The molecule has 116 valence electrons. The SMILES string of the molecule is CC(C)CC(=O)N1CCN(CN2CCC(C)CC2)CC1. The molecular weight excluding hydrogens is 250 g/mol. The van der Waals surface area contributed by atoms with Crippen LogP contribution < -0.4 is 0 Å². The van der Waals surface area contributed by atoms with Gasteiger partial charge in [-0.1, -0.05) is 20.8 Å². The normalized spacial score (nSPS) is 23.5. The van der Waals surface area contributed by atoms with Crippen molar-refractivity contribution in [3.63, 3.8) is 0 Å². The number of piperidine rings is 1. The van der Waals surface area contributed by atoms with Gasteiger partial charge in [0.1, 0.15) is 0 Å². The summed E-state index contributed by atoms with van der Waals surface area (Å²) in [6, 6.07) is 0. The van der Waals surface area contributed by atoms with E-state index in [0.29, 0.717) is 18.2 Å². The molecule has 4 nitrogen and oxygen atoms in total. The topological polar surface area (TPSA) is 26.8 Å². The molecule has 20 heavy (non-hydrogen) atoms. The molecule has 2 fully saturated rings. The molecule has 0 aromatic heterocycles. The molecule has 0 aromatic rings. The Labute approximate surface area is 124 Å². The molecule has 2 aliphatic heterocycles. The molecule has 0 unspecified atom stereocenters. The van der Waals surface area contributed by atoms with Crippen molar-refractivity contribution in [2.45, 2.75) is 40.0 Å². The molecule has 0 radical (unpaired) electrons. The molecule has 0 N–H and O–H groups in total. The quantitative estimate of drug-likeness (QED) is 0.787. The highest BCUT2D eigenvalue weighted by atomic mass is 16.2. The Kier molecular flexibility index (Phi) is 5.85. The average molecular weight is 281 g/mol. The molecule has 0 spiro atoms. The number of rotatable bonds is 4. The summed E-state index contributed by atoms with van der Waals surface area (Å²) in [5.74, 6) is 1.71. The molecule has 2 rings (SSSR count). The third kappa shape index (κ3) is 4.74. The third-order valence-corrected chi connectivity index (χ3v) is 4.58. The van der Waals surface area contributed by atoms with Gasteiger partial charge < -0.3 is 4.90 Å². The summed E-state index contributed by atoms with van der Waals surface area (Å²) >= 11 is 0. The maximum Gasteiger partial charge on any atom is 0.222 e. The predicted molar refractivity (Wildman–Crippen MR) is 82.4 cm³/mol. The minimum atomic E-state index is 0.339. The van der Waals surface area contributed by atoms with Gasteiger partial charge in [0.05, 0.1) is 6.67 Å². The largest absolute Gasteiger partial charge is 0.340 e. The highest BCUT2D eigenvalue weighted by Gasteiger charge is 2.23. The van der Waals surface area contributed by atoms with Crippen LogP contribution in [0.1, 0.15) is 40.0 Å². The Morgan fingerprint density at radius 2 is 1.55 bits per heavy atom. The van der Waals surface area contributed by atoms with E-state index in [1.54, 1.807) is 0 Å². The summed E-state index contributed by atoms with van der Waals surface area (Å²) in [5.41, 5.74) is 0. The van der Waals surface area contributed by atoms with Gasteiger partial charge >= 0.3 is 0 Å². The summed E-state index contributed by atoms with van der Waals surface area (Å²) in [5, 5.41) is 0. The molecule has 0 bridgehead atoms. The van der Waals surface area contributed by atoms with Crippen molar-refractivity contribution in [1.82, 2.24) is 14.7 Å². The number of carbonyl (C=O) groups is 1. The van der Waals surface area contributed by atoms with Crippen molar-refractivity contribution >= 4 is 5.91 Å². The number of carbonyl (C=O) groups excluding carboxylic acids is 1. The van der Waals surface area contributed by atoms with Crippen LogP contribution in [0.3, 0.4) is 0 Å². The zero-order valence-corrected chi connectivity index (χ0v) is 13.5. The van der Waals surface area contributed by atoms with E-state index >= 15 is 0 Å². The van der Waals surface area contributed by atoms with Crippen molar-refractivity contribution in [1.29, 1.82) is 0 Å². The van der Waals surface area contributed by atoms with Crippen LogP contribution in [-0.4, -0.2) is 66.5 Å². The molecule has 2 heterocycles. The van der Waals surface area contributed by atoms with Crippen LogP contribution >= 0.6 is 0 Å². The lowest BCUT2D eigenvalue weighted by Crippen LogP contribution is -2.52. The van der Waals surface area contributed by atoms with Crippen LogP contribution in [0.15, 0.2) is 0 Å². The molecule has 0 saturated carbocycles. The van der Waals surface area contributed by atoms with E-state index < -0.39 is 0 Å². The molecule has 2 saturated heterocycles. The number of likely N-dealkylation sites (tertiary alicyclic amines) is 1. The Bertz CT molecular complexity index is 303. The predicted octanol–water partition coefficient (Wildman–Crippen LogP) is 1.87. The lowest BCUT2D eigenvalue weighted by molar-refractivity contribution is -0.134. The number of piperazine rings is 1. The Hall–Kier alpha value is -0.610. The Balaban J connectivity index is 1.67. The number of hydrogen-bond acceptors (Lipinski definition) is 3. The van der Waals surface area contributed by atoms with E-state index in [1.165, 1.54) is 25.9 Å². The van der Waals surface area contributed by atoms with Crippen LogP contribution in [-0.2, 0) is 4.79 Å². The lowest BCUT2D eigenvalue weighted by Gasteiger charge is -2.39.